The van der Waals surface area contributed by atoms with Gasteiger partial charge >= 0.3 is 5.69 Å². The molecule has 1 aliphatic carbocycles. The average Bonchev–Trinajstić information content (AvgIpc) is 3.19. The van der Waals surface area contributed by atoms with Gasteiger partial charge in [-0.3, -0.25) is 15.1 Å². The summed E-state index contributed by atoms with van der Waals surface area (Å²) in [6, 6.07) is 0.0322. The van der Waals surface area contributed by atoms with Crippen LogP contribution in [0.1, 0.15) is 19.3 Å². The molecule has 120 valence electrons. The lowest BCUT2D eigenvalue weighted by atomic mass is 9.93. The minimum absolute atomic E-state index is 0.0231. The summed E-state index contributed by atoms with van der Waals surface area (Å²) < 4.78 is 7.29. The van der Waals surface area contributed by atoms with E-state index in [4.69, 9.17) is 4.74 Å². The van der Waals surface area contributed by atoms with E-state index in [0.717, 1.165) is 25.8 Å². The first-order chi connectivity index (χ1) is 10.5. The normalized spacial score (nSPS) is 26.7. The number of hydrogen-bond donors (Lipinski definition) is 0. The van der Waals surface area contributed by atoms with Crippen molar-refractivity contribution in [3.8, 4) is 0 Å². The molecule has 3 rings (SSSR count). The molecule has 0 radical (unpaired) electrons. The molecule has 1 saturated carbocycles. The first-order valence-electron chi connectivity index (χ1n) is 7.42. The number of anilines is 1. The minimum Gasteiger partial charge on any atom is -0.379 e. The predicted molar refractivity (Wildman–Crippen MR) is 82.5 cm³/mol. The summed E-state index contributed by atoms with van der Waals surface area (Å²) in [7, 11) is 3.45. The minimum atomic E-state index is -0.371. The molecule has 0 N–H and O–H groups in total. The van der Waals surface area contributed by atoms with Crippen LogP contribution in [0.5, 0.6) is 0 Å². The van der Waals surface area contributed by atoms with Crippen molar-refractivity contribution < 1.29 is 9.66 Å². The van der Waals surface area contributed by atoms with Gasteiger partial charge in [0, 0.05) is 32.7 Å². The Morgan fingerprint density at radius 3 is 2.86 bits per heavy atom. The molecule has 0 bridgehead atoms. The van der Waals surface area contributed by atoms with Crippen molar-refractivity contribution in [1.82, 2.24) is 9.78 Å². The zero-order valence-corrected chi connectivity index (χ0v) is 12.9. The molecule has 1 aliphatic heterocycles. The second-order valence-electron chi connectivity index (χ2n) is 6.21. The van der Waals surface area contributed by atoms with Crippen molar-refractivity contribution in [3.05, 3.63) is 16.3 Å². The van der Waals surface area contributed by atoms with E-state index in [1.807, 2.05) is 0 Å². The maximum Gasteiger partial charge on any atom is 0.331 e. The van der Waals surface area contributed by atoms with E-state index in [1.165, 1.54) is 6.20 Å². The second kappa shape index (κ2) is 5.35. The molecule has 0 aromatic carbocycles. The van der Waals surface area contributed by atoms with Crippen molar-refractivity contribution in [1.29, 1.82) is 0 Å². The Bertz CT molecular complexity index is 595. The second-order valence-corrected chi connectivity index (χ2v) is 6.21. The molecule has 1 aromatic heterocycles. The summed E-state index contributed by atoms with van der Waals surface area (Å²) in [5, 5.41) is 15.3. The topological polar surface area (TPSA) is 85.8 Å². The third kappa shape index (κ3) is 2.27. The van der Waals surface area contributed by atoms with E-state index in [9.17, 15) is 10.1 Å². The number of ether oxygens (including phenoxy) is 1. The number of nitrogens with zero attached hydrogens (tertiary/aromatic N) is 5. The first-order valence-corrected chi connectivity index (χ1v) is 7.42. The number of aromatic nitrogens is 2. The molecule has 2 heterocycles. The number of methoxy groups -OCH3 is 1. The number of nitro groups is 1. The Morgan fingerprint density at radius 2 is 2.32 bits per heavy atom. The largest absolute Gasteiger partial charge is 0.379 e. The van der Waals surface area contributed by atoms with Gasteiger partial charge in [0.05, 0.1) is 17.1 Å². The van der Waals surface area contributed by atoms with E-state index < -0.39 is 0 Å². The van der Waals surface area contributed by atoms with Crippen molar-refractivity contribution in [3.63, 3.8) is 0 Å². The van der Waals surface area contributed by atoms with Crippen LogP contribution in [0.3, 0.4) is 0 Å². The van der Waals surface area contributed by atoms with Crippen molar-refractivity contribution in [2.24, 2.45) is 17.5 Å². The summed E-state index contributed by atoms with van der Waals surface area (Å²) in [5.74, 6) is 0.566. The third-order valence-corrected chi connectivity index (χ3v) is 4.92. The summed E-state index contributed by atoms with van der Waals surface area (Å²) in [6.07, 6.45) is 4.23. The lowest BCUT2D eigenvalue weighted by Gasteiger charge is -2.29. The lowest BCUT2D eigenvalue weighted by molar-refractivity contribution is -0.384. The molecule has 0 unspecified atom stereocenters. The monoisotopic (exact) mass is 307 g/mol. The van der Waals surface area contributed by atoms with E-state index in [-0.39, 0.29) is 28.2 Å². The fourth-order valence-electron chi connectivity index (χ4n) is 3.69. The standard InChI is InChI=1S/C14H21N5O3/c1-15-10-4-7-18(9-14(5-6-14)12(10)22-3)13-11(19(20)21)8-16-17(13)2/h8,10,12H,1,4-7,9H2,2-3H3/t10-,12-/m1/s1. The van der Waals surface area contributed by atoms with Gasteiger partial charge in [-0.15, -0.1) is 0 Å². The van der Waals surface area contributed by atoms with Crippen LogP contribution in [0, 0.1) is 15.5 Å². The van der Waals surface area contributed by atoms with E-state index in [0.29, 0.717) is 12.4 Å². The van der Waals surface area contributed by atoms with E-state index in [1.54, 1.807) is 18.8 Å². The van der Waals surface area contributed by atoms with Crippen LogP contribution in [0.2, 0.25) is 0 Å². The highest BCUT2D eigenvalue weighted by Crippen LogP contribution is 2.54. The Morgan fingerprint density at radius 1 is 1.59 bits per heavy atom. The molecule has 8 nitrogen and oxygen atoms in total. The van der Waals surface area contributed by atoms with Gasteiger partial charge < -0.3 is 9.64 Å². The zero-order valence-electron chi connectivity index (χ0n) is 12.9. The zero-order chi connectivity index (χ0) is 15.9. The fourth-order valence-corrected chi connectivity index (χ4v) is 3.69. The fraction of sp³-hybridized carbons (Fsp3) is 0.714. The molecule has 22 heavy (non-hydrogen) atoms. The van der Waals surface area contributed by atoms with Gasteiger partial charge in [-0.05, 0) is 26.0 Å². The van der Waals surface area contributed by atoms with Gasteiger partial charge in [-0.1, -0.05) is 0 Å². The van der Waals surface area contributed by atoms with Crippen LogP contribution in [-0.4, -0.2) is 53.8 Å². The summed E-state index contributed by atoms with van der Waals surface area (Å²) in [5.41, 5.74) is 0.0761. The Kier molecular flexibility index (Phi) is 3.64. The lowest BCUT2D eigenvalue weighted by Crippen LogP contribution is -2.38. The van der Waals surface area contributed by atoms with E-state index >= 15 is 0 Å². The highest BCUT2D eigenvalue weighted by Gasteiger charge is 2.55. The average molecular weight is 307 g/mol. The highest BCUT2D eigenvalue weighted by molar-refractivity contribution is 5.58. The number of rotatable bonds is 4. The Hall–Kier alpha value is -1.96. The quantitative estimate of drug-likeness (QED) is 0.477. The van der Waals surface area contributed by atoms with E-state index in [2.05, 4.69) is 21.7 Å². The van der Waals surface area contributed by atoms with Gasteiger partial charge in [-0.2, -0.15) is 5.10 Å². The van der Waals surface area contributed by atoms with Crippen molar-refractivity contribution in [2.45, 2.75) is 31.4 Å². The smallest absolute Gasteiger partial charge is 0.331 e. The summed E-state index contributed by atoms with van der Waals surface area (Å²) in [6.45, 7) is 5.11. The Labute approximate surface area is 128 Å². The predicted octanol–water partition coefficient (Wildman–Crippen LogP) is 1.40. The molecule has 2 atom stereocenters. The molecule has 1 aromatic rings. The SMILES string of the molecule is C=N[C@@H]1CCN(c2c([N+](=O)[O-])cnn2C)CC2(CC2)[C@@H]1OC. The van der Waals surface area contributed by atoms with Gasteiger partial charge in [0.1, 0.15) is 6.20 Å². The van der Waals surface area contributed by atoms with Gasteiger partial charge in [-0.25, -0.2) is 4.68 Å². The highest BCUT2D eigenvalue weighted by atomic mass is 16.6. The number of aryl methyl sites for hydroxylation is 1. The van der Waals surface area contributed by atoms with Gasteiger partial charge in [0.25, 0.3) is 0 Å². The van der Waals surface area contributed by atoms with Crippen molar-refractivity contribution in [2.75, 3.05) is 25.1 Å². The molecule has 2 fully saturated rings. The molecular formula is C14H21N5O3. The Balaban J connectivity index is 1.95. The number of aliphatic imine (C=N–C) groups is 1. The maximum atomic E-state index is 11.3. The molecule has 8 heteroatoms. The summed E-state index contributed by atoms with van der Waals surface area (Å²) >= 11 is 0. The van der Waals surface area contributed by atoms with Gasteiger partial charge in [0.2, 0.25) is 5.82 Å². The molecule has 1 spiro atoms. The van der Waals surface area contributed by atoms with Crippen LogP contribution in [0.4, 0.5) is 11.5 Å². The van der Waals surface area contributed by atoms with Crippen LogP contribution >= 0.6 is 0 Å². The van der Waals surface area contributed by atoms with Crippen molar-refractivity contribution >= 4 is 18.2 Å². The molecule has 1 saturated heterocycles. The molecule has 0 amide bonds. The molecule has 2 aliphatic rings. The molecular weight excluding hydrogens is 286 g/mol. The maximum absolute atomic E-state index is 11.3. The number of hydrogen-bond acceptors (Lipinski definition) is 6. The summed E-state index contributed by atoms with van der Waals surface area (Å²) in [4.78, 5) is 17.2. The van der Waals surface area contributed by atoms with Gasteiger partial charge in [0.15, 0.2) is 0 Å². The first kappa shape index (κ1) is 15.0. The van der Waals surface area contributed by atoms with Crippen LogP contribution in [0.25, 0.3) is 0 Å². The van der Waals surface area contributed by atoms with Crippen LogP contribution in [-0.2, 0) is 11.8 Å². The van der Waals surface area contributed by atoms with Crippen LogP contribution < -0.4 is 4.90 Å². The third-order valence-electron chi connectivity index (χ3n) is 4.92. The van der Waals surface area contributed by atoms with Crippen LogP contribution in [0.15, 0.2) is 11.2 Å².